The van der Waals surface area contributed by atoms with Crippen LogP contribution in [-0.4, -0.2) is 79.3 Å². The summed E-state index contributed by atoms with van der Waals surface area (Å²) in [4.78, 5) is 46.8. The smallest absolute Gasteiger partial charge is 0.246 e. The number of nitrogens with one attached hydrogen (secondary N) is 2. The third-order valence-corrected chi connectivity index (χ3v) is 8.64. The second kappa shape index (κ2) is 16.5. The largest absolute Gasteiger partial charge is 0.491 e. The summed E-state index contributed by atoms with van der Waals surface area (Å²) in [6.45, 7) is 9.49. The fourth-order valence-corrected chi connectivity index (χ4v) is 5.96. The van der Waals surface area contributed by atoms with Gasteiger partial charge in [0.25, 0.3) is 0 Å². The molecule has 1 saturated heterocycles. The van der Waals surface area contributed by atoms with E-state index in [0.717, 1.165) is 21.7 Å². The number of carbonyl (C=O) groups is 3. The molecule has 3 amide bonds. The van der Waals surface area contributed by atoms with E-state index in [9.17, 15) is 14.4 Å². The number of nitrogen functional groups attached to an aromatic ring is 1. The van der Waals surface area contributed by atoms with Crippen LogP contribution in [0.15, 0.2) is 54.0 Å². The van der Waals surface area contributed by atoms with Crippen molar-refractivity contribution in [3.05, 3.63) is 65.3 Å². The van der Waals surface area contributed by atoms with Crippen LogP contribution in [0.5, 0.6) is 5.75 Å². The van der Waals surface area contributed by atoms with Gasteiger partial charge >= 0.3 is 0 Å². The number of nitrogens with zero attached hydrogens (tertiary/aromatic N) is 2. The summed E-state index contributed by atoms with van der Waals surface area (Å²) in [6, 6.07) is 13.7. The molecule has 11 nitrogen and oxygen atoms in total. The molecule has 2 atom stereocenters. The second-order valence-electron chi connectivity index (χ2n) is 12.3. The maximum atomic E-state index is 13.7. The van der Waals surface area contributed by atoms with Crippen LogP contribution < -0.4 is 21.1 Å². The monoisotopic (exact) mass is 651 g/mol. The van der Waals surface area contributed by atoms with E-state index in [1.165, 1.54) is 0 Å². The van der Waals surface area contributed by atoms with Crippen molar-refractivity contribution >= 4 is 34.7 Å². The van der Waals surface area contributed by atoms with Gasteiger partial charge in [0, 0.05) is 18.8 Å². The number of hydrogen-bond acceptors (Lipinski definition) is 9. The maximum Gasteiger partial charge on any atom is 0.246 e. The molecule has 1 aromatic heterocycles. The third-order valence-electron chi connectivity index (χ3n) is 7.67. The van der Waals surface area contributed by atoms with Gasteiger partial charge in [-0.2, -0.15) is 0 Å². The number of thiazole rings is 1. The number of likely N-dealkylation sites (tertiary alicyclic amines) is 1. The minimum Gasteiger partial charge on any atom is -0.491 e. The van der Waals surface area contributed by atoms with Crippen LogP contribution in [-0.2, 0) is 30.4 Å². The van der Waals surface area contributed by atoms with Crippen molar-refractivity contribution in [2.75, 3.05) is 45.3 Å². The highest BCUT2D eigenvalue weighted by Gasteiger charge is 2.41. The Morgan fingerprint density at radius 2 is 1.72 bits per heavy atom. The fraction of sp³-hybridized carbons (Fsp3) is 0.471. The number of benzene rings is 2. The van der Waals surface area contributed by atoms with E-state index in [-0.39, 0.29) is 25.0 Å². The average Bonchev–Trinajstić information content (AvgIpc) is 3.70. The lowest BCUT2D eigenvalue weighted by atomic mass is 9.85. The summed E-state index contributed by atoms with van der Waals surface area (Å²) in [5.74, 6) is -0.169. The van der Waals surface area contributed by atoms with Crippen molar-refractivity contribution in [3.63, 3.8) is 0 Å². The van der Waals surface area contributed by atoms with Crippen LogP contribution in [0.1, 0.15) is 44.9 Å². The molecule has 2 heterocycles. The first-order valence-corrected chi connectivity index (χ1v) is 16.4. The molecule has 2 aromatic carbocycles. The van der Waals surface area contributed by atoms with E-state index in [4.69, 9.17) is 19.9 Å². The zero-order chi connectivity index (χ0) is 33.1. The first-order valence-electron chi connectivity index (χ1n) is 15.5. The standard InChI is InChI=1S/C34H45N5O6S/c1-23-30(46-22-37-23)25-9-7-24(8-10-25)20-36-32(41)28-6-5-15-39(28)33(42)31(34(2,3)4)38-29(40)21-44-17-16-43-18-19-45-27-13-11-26(35)12-14-27/h7-14,22,28,31H,5-6,15-21,35H2,1-4H3,(H,36,41)(H,38,40). The number of nitrogens with two attached hydrogens (primary N) is 1. The predicted octanol–water partition coefficient (Wildman–Crippen LogP) is 3.95. The quantitative estimate of drug-likeness (QED) is 0.166. The average molecular weight is 652 g/mol. The summed E-state index contributed by atoms with van der Waals surface area (Å²) in [7, 11) is 0. The lowest BCUT2D eigenvalue weighted by Crippen LogP contribution is -2.58. The molecule has 4 N–H and O–H groups in total. The molecule has 0 spiro atoms. The van der Waals surface area contributed by atoms with Gasteiger partial charge in [-0.3, -0.25) is 14.4 Å². The van der Waals surface area contributed by atoms with Crippen LogP contribution in [0, 0.1) is 12.3 Å². The van der Waals surface area contributed by atoms with Crippen LogP contribution in [0.25, 0.3) is 10.4 Å². The molecular weight excluding hydrogens is 606 g/mol. The summed E-state index contributed by atoms with van der Waals surface area (Å²) < 4.78 is 16.6. The van der Waals surface area contributed by atoms with Crippen molar-refractivity contribution in [3.8, 4) is 16.2 Å². The van der Waals surface area contributed by atoms with E-state index in [2.05, 4.69) is 15.6 Å². The zero-order valence-electron chi connectivity index (χ0n) is 27.0. The summed E-state index contributed by atoms with van der Waals surface area (Å²) in [5.41, 5.74) is 10.6. The Bertz CT molecular complexity index is 1440. The van der Waals surface area contributed by atoms with E-state index in [1.807, 2.05) is 57.5 Å². The Hall–Kier alpha value is -4.00. The number of ether oxygens (including phenoxy) is 3. The summed E-state index contributed by atoms with van der Waals surface area (Å²) in [6.07, 6.45) is 1.28. The van der Waals surface area contributed by atoms with Crippen LogP contribution >= 0.6 is 11.3 Å². The minimum atomic E-state index is -0.818. The van der Waals surface area contributed by atoms with E-state index in [1.54, 1.807) is 40.5 Å². The lowest BCUT2D eigenvalue weighted by Gasteiger charge is -2.35. The molecule has 1 aliphatic heterocycles. The lowest BCUT2D eigenvalue weighted by molar-refractivity contribution is -0.144. The van der Waals surface area contributed by atoms with Gasteiger partial charge in [0.1, 0.15) is 31.0 Å². The van der Waals surface area contributed by atoms with Gasteiger partial charge < -0.3 is 35.5 Å². The number of aromatic nitrogens is 1. The number of amides is 3. The first kappa shape index (κ1) is 34.9. The molecule has 0 aliphatic carbocycles. The van der Waals surface area contributed by atoms with Crippen molar-refractivity contribution in [2.24, 2.45) is 5.41 Å². The highest BCUT2D eigenvalue weighted by Crippen LogP contribution is 2.28. The highest BCUT2D eigenvalue weighted by atomic mass is 32.1. The van der Waals surface area contributed by atoms with Crippen molar-refractivity contribution < 1.29 is 28.6 Å². The molecule has 248 valence electrons. The zero-order valence-corrected chi connectivity index (χ0v) is 27.9. The Labute approximate surface area is 274 Å². The van der Waals surface area contributed by atoms with Crippen molar-refractivity contribution in [2.45, 2.75) is 59.2 Å². The van der Waals surface area contributed by atoms with Crippen LogP contribution in [0.4, 0.5) is 5.69 Å². The molecule has 1 aliphatic rings. The topological polar surface area (TPSA) is 145 Å². The number of carbonyl (C=O) groups excluding carboxylic acids is 3. The SMILES string of the molecule is Cc1ncsc1-c1ccc(CNC(=O)C2CCCN2C(=O)C(NC(=O)COCCOCCOc2ccc(N)cc2)C(C)(C)C)cc1. The number of aryl methyl sites for hydroxylation is 1. The van der Waals surface area contributed by atoms with Gasteiger partial charge in [0.15, 0.2) is 0 Å². The molecule has 0 bridgehead atoms. The molecule has 0 radical (unpaired) electrons. The first-order chi connectivity index (χ1) is 22.0. The number of hydrogen-bond donors (Lipinski definition) is 3. The van der Waals surface area contributed by atoms with Crippen LogP contribution in [0.2, 0.25) is 0 Å². The van der Waals surface area contributed by atoms with E-state index in [0.29, 0.717) is 57.2 Å². The predicted molar refractivity (Wildman–Crippen MR) is 178 cm³/mol. The van der Waals surface area contributed by atoms with Gasteiger partial charge in [-0.25, -0.2) is 4.98 Å². The normalized spacial score (nSPS) is 15.4. The Morgan fingerprint density at radius 1 is 1.02 bits per heavy atom. The molecule has 3 aromatic rings. The molecule has 0 saturated carbocycles. The molecule has 12 heteroatoms. The Kier molecular flexibility index (Phi) is 12.5. The molecule has 46 heavy (non-hydrogen) atoms. The third kappa shape index (κ3) is 10.0. The molecule has 1 fully saturated rings. The van der Waals surface area contributed by atoms with Crippen molar-refractivity contribution in [1.82, 2.24) is 20.5 Å². The Morgan fingerprint density at radius 3 is 2.39 bits per heavy atom. The van der Waals surface area contributed by atoms with Crippen molar-refractivity contribution in [1.29, 1.82) is 0 Å². The molecule has 2 unspecified atom stereocenters. The summed E-state index contributed by atoms with van der Waals surface area (Å²) >= 11 is 1.60. The maximum absolute atomic E-state index is 13.7. The summed E-state index contributed by atoms with van der Waals surface area (Å²) in [5, 5.41) is 5.84. The second-order valence-corrected chi connectivity index (χ2v) is 13.2. The number of anilines is 1. The van der Waals surface area contributed by atoms with E-state index >= 15 is 0 Å². The van der Waals surface area contributed by atoms with Gasteiger partial charge in [-0.1, -0.05) is 45.0 Å². The highest BCUT2D eigenvalue weighted by molar-refractivity contribution is 7.13. The minimum absolute atomic E-state index is 0.200. The Balaban J connectivity index is 1.20. The number of rotatable bonds is 15. The van der Waals surface area contributed by atoms with Gasteiger partial charge in [0.05, 0.1) is 35.9 Å². The molecule has 4 rings (SSSR count). The van der Waals surface area contributed by atoms with Crippen LogP contribution in [0.3, 0.4) is 0 Å². The van der Waals surface area contributed by atoms with Gasteiger partial charge in [0.2, 0.25) is 17.7 Å². The fourth-order valence-electron chi connectivity index (χ4n) is 5.15. The van der Waals surface area contributed by atoms with Gasteiger partial charge in [-0.05, 0) is 60.6 Å². The van der Waals surface area contributed by atoms with E-state index < -0.39 is 23.4 Å². The molecular formula is C34H45N5O6S. The van der Waals surface area contributed by atoms with Gasteiger partial charge in [-0.15, -0.1) is 11.3 Å².